The van der Waals surface area contributed by atoms with Gasteiger partial charge in [-0.2, -0.15) is 5.10 Å². The number of aryl methyl sites for hydroxylation is 2. The molecule has 0 atom stereocenters. The van der Waals surface area contributed by atoms with Crippen molar-refractivity contribution in [3.8, 4) is 0 Å². The molecule has 4 nitrogen and oxygen atoms in total. The number of aromatic nitrogens is 2. The Kier molecular flexibility index (Phi) is 2.25. The van der Waals surface area contributed by atoms with Gasteiger partial charge in [0.15, 0.2) is 0 Å². The molecule has 4 heteroatoms. The second-order valence-corrected chi connectivity index (χ2v) is 2.41. The quantitative estimate of drug-likeness (QED) is 0.683. The van der Waals surface area contributed by atoms with Crippen LogP contribution < -0.4 is 5.73 Å². The summed E-state index contributed by atoms with van der Waals surface area (Å²) in [6.45, 7) is 2.52. The Morgan fingerprint density at radius 2 is 2.64 bits per heavy atom. The first-order valence-electron chi connectivity index (χ1n) is 3.47. The minimum absolute atomic E-state index is 0. The summed E-state index contributed by atoms with van der Waals surface area (Å²) in [6.07, 6.45) is 2.05. The molecule has 0 bridgehead atoms. The van der Waals surface area contributed by atoms with E-state index in [0.29, 0.717) is 13.0 Å². The first-order valence-corrected chi connectivity index (χ1v) is 3.47. The van der Waals surface area contributed by atoms with Gasteiger partial charge in [-0.15, -0.1) is 0 Å². The molecule has 0 aliphatic carbocycles. The molecule has 0 aliphatic rings. The molecule has 1 aromatic rings. The van der Waals surface area contributed by atoms with Crippen LogP contribution in [0, 0.1) is 6.92 Å². The van der Waals surface area contributed by atoms with Gasteiger partial charge in [0.2, 0.25) is 5.91 Å². The summed E-state index contributed by atoms with van der Waals surface area (Å²) in [6, 6.07) is 1.89. The van der Waals surface area contributed by atoms with Crippen LogP contribution in [0.1, 0.15) is 13.5 Å². The number of nitrogens with zero attached hydrogens (tertiary/aromatic N) is 2. The highest BCUT2D eigenvalue weighted by atomic mass is 16.1. The van der Waals surface area contributed by atoms with Gasteiger partial charge in [-0.25, -0.2) is 0 Å². The summed E-state index contributed by atoms with van der Waals surface area (Å²) in [5, 5.41) is 4.00. The van der Waals surface area contributed by atoms with E-state index >= 15 is 0 Å². The van der Waals surface area contributed by atoms with Crippen LogP contribution in [-0.2, 0) is 11.3 Å². The van der Waals surface area contributed by atoms with Gasteiger partial charge in [0.1, 0.15) is 0 Å². The molecular formula is C7H13N3O. The third-order valence-electron chi connectivity index (χ3n) is 1.50. The molecule has 0 spiro atoms. The number of hydrogen-bond acceptors (Lipinski definition) is 2. The van der Waals surface area contributed by atoms with Gasteiger partial charge >= 0.3 is 0 Å². The molecule has 62 valence electrons. The van der Waals surface area contributed by atoms with Crippen LogP contribution in [0.15, 0.2) is 12.3 Å². The fourth-order valence-corrected chi connectivity index (χ4v) is 0.849. The van der Waals surface area contributed by atoms with Crippen LogP contribution in [0.3, 0.4) is 0 Å². The second-order valence-electron chi connectivity index (χ2n) is 2.41. The van der Waals surface area contributed by atoms with Gasteiger partial charge in [0.05, 0.1) is 0 Å². The lowest BCUT2D eigenvalue weighted by Gasteiger charge is -2.00. The average Bonchev–Trinajstić information content (AvgIpc) is 2.31. The highest BCUT2D eigenvalue weighted by Crippen LogP contribution is 1.96. The van der Waals surface area contributed by atoms with E-state index in [4.69, 9.17) is 5.73 Å². The van der Waals surface area contributed by atoms with Crippen LogP contribution in [-0.4, -0.2) is 15.7 Å². The Bertz CT molecular complexity index is 259. The lowest BCUT2D eigenvalue weighted by atomic mass is 10.4. The molecule has 1 heterocycles. The zero-order valence-corrected chi connectivity index (χ0v) is 6.45. The predicted octanol–water partition coefficient (Wildman–Crippen LogP) is 0.313. The fourth-order valence-electron chi connectivity index (χ4n) is 0.849. The smallest absolute Gasteiger partial charge is 0.219 e. The summed E-state index contributed by atoms with van der Waals surface area (Å²) in [5.74, 6) is -0.292. The molecule has 11 heavy (non-hydrogen) atoms. The SMILES string of the molecule is Cc1ccnn1CCC(N)=O.[HH]. The van der Waals surface area contributed by atoms with E-state index < -0.39 is 0 Å². The summed E-state index contributed by atoms with van der Waals surface area (Å²) >= 11 is 0. The maximum absolute atomic E-state index is 10.4. The van der Waals surface area contributed by atoms with Crippen LogP contribution in [0.25, 0.3) is 0 Å². The van der Waals surface area contributed by atoms with Gasteiger partial charge in [-0.05, 0) is 13.0 Å². The molecule has 1 amide bonds. The summed E-state index contributed by atoms with van der Waals surface area (Å²) < 4.78 is 1.75. The third kappa shape index (κ3) is 2.07. The van der Waals surface area contributed by atoms with Gasteiger partial charge in [-0.1, -0.05) is 0 Å². The largest absolute Gasteiger partial charge is 0.370 e. The first-order chi connectivity index (χ1) is 5.20. The van der Waals surface area contributed by atoms with Crippen LogP contribution in [0.5, 0.6) is 0 Å². The minimum atomic E-state index is -0.292. The minimum Gasteiger partial charge on any atom is -0.370 e. The molecular weight excluding hydrogens is 142 g/mol. The molecule has 0 radical (unpaired) electrons. The number of amides is 1. The average molecular weight is 155 g/mol. The van der Waals surface area contributed by atoms with Crippen LogP contribution in [0.4, 0.5) is 0 Å². The van der Waals surface area contributed by atoms with Crippen molar-refractivity contribution in [1.29, 1.82) is 0 Å². The zero-order chi connectivity index (χ0) is 8.27. The van der Waals surface area contributed by atoms with Crippen molar-refractivity contribution in [2.24, 2.45) is 5.73 Å². The summed E-state index contributed by atoms with van der Waals surface area (Å²) in [7, 11) is 0. The lowest BCUT2D eigenvalue weighted by molar-refractivity contribution is -0.118. The van der Waals surface area contributed by atoms with Gasteiger partial charge < -0.3 is 5.73 Å². The fraction of sp³-hybridized carbons (Fsp3) is 0.429. The maximum atomic E-state index is 10.4. The van der Waals surface area contributed by atoms with Gasteiger partial charge in [-0.3, -0.25) is 9.48 Å². The van der Waals surface area contributed by atoms with Gasteiger partial charge in [0.25, 0.3) is 0 Å². The number of carbonyl (C=O) groups is 1. The first kappa shape index (κ1) is 7.78. The van der Waals surface area contributed by atoms with Crippen molar-refractivity contribution >= 4 is 5.91 Å². The van der Waals surface area contributed by atoms with Crippen LogP contribution >= 0.6 is 0 Å². The van der Waals surface area contributed by atoms with E-state index in [1.165, 1.54) is 0 Å². The second kappa shape index (κ2) is 3.18. The van der Waals surface area contributed by atoms with E-state index in [1.807, 2.05) is 13.0 Å². The van der Waals surface area contributed by atoms with Crippen molar-refractivity contribution < 1.29 is 6.22 Å². The van der Waals surface area contributed by atoms with E-state index in [0.717, 1.165) is 5.69 Å². The number of hydrogen-bond donors (Lipinski definition) is 1. The number of rotatable bonds is 3. The van der Waals surface area contributed by atoms with E-state index in [9.17, 15) is 4.79 Å². The molecule has 1 rings (SSSR count). The standard InChI is InChI=1S/C7H11N3O.H2/c1-6-2-4-9-10(6)5-3-7(8)11;/h2,4H,3,5H2,1H3,(H2,8,11);1H. The third-order valence-corrected chi connectivity index (χ3v) is 1.50. The van der Waals surface area contributed by atoms with E-state index in [2.05, 4.69) is 5.10 Å². The highest BCUT2D eigenvalue weighted by Gasteiger charge is 1.98. The molecule has 0 fully saturated rings. The van der Waals surface area contributed by atoms with Crippen molar-refractivity contribution in [1.82, 2.24) is 9.78 Å². The van der Waals surface area contributed by atoms with E-state index in [1.54, 1.807) is 10.9 Å². The topological polar surface area (TPSA) is 60.9 Å². The molecule has 1 aromatic heterocycles. The Morgan fingerprint density at radius 3 is 3.09 bits per heavy atom. The predicted molar refractivity (Wildman–Crippen MR) is 42.9 cm³/mol. The summed E-state index contributed by atoms with van der Waals surface area (Å²) in [5.41, 5.74) is 6.03. The molecule has 0 aliphatic heterocycles. The molecule has 0 saturated carbocycles. The van der Waals surface area contributed by atoms with Crippen molar-refractivity contribution in [3.05, 3.63) is 18.0 Å². The number of carbonyl (C=O) groups excluding carboxylic acids is 1. The Morgan fingerprint density at radius 1 is 1.91 bits per heavy atom. The van der Waals surface area contributed by atoms with Crippen molar-refractivity contribution in [2.45, 2.75) is 19.9 Å². The Balaban J connectivity index is 0.00000121. The van der Waals surface area contributed by atoms with Crippen molar-refractivity contribution in [2.75, 3.05) is 0 Å². The van der Waals surface area contributed by atoms with Crippen LogP contribution in [0.2, 0.25) is 0 Å². The number of primary amides is 1. The maximum Gasteiger partial charge on any atom is 0.219 e. The zero-order valence-electron chi connectivity index (χ0n) is 6.45. The van der Waals surface area contributed by atoms with E-state index in [-0.39, 0.29) is 7.33 Å². The lowest BCUT2D eigenvalue weighted by Crippen LogP contribution is -2.14. The van der Waals surface area contributed by atoms with Crippen molar-refractivity contribution in [3.63, 3.8) is 0 Å². The molecule has 2 N–H and O–H groups in total. The Labute approximate surface area is 66.5 Å². The summed E-state index contributed by atoms with van der Waals surface area (Å²) in [4.78, 5) is 10.4. The normalized spacial score (nSPS) is 9.91. The van der Waals surface area contributed by atoms with Gasteiger partial charge in [0, 0.05) is 26.3 Å². The molecule has 0 saturated heterocycles. The monoisotopic (exact) mass is 155 g/mol. The number of nitrogens with two attached hydrogens (primary N) is 1. The molecule has 0 aromatic carbocycles. The molecule has 0 unspecified atom stereocenters. The Hall–Kier alpha value is -1.32. The highest BCUT2D eigenvalue weighted by molar-refractivity contribution is 5.73.